The van der Waals surface area contributed by atoms with Gasteiger partial charge in [0.2, 0.25) is 0 Å². The molecule has 0 radical (unpaired) electrons. The normalized spacial score (nSPS) is 18.7. The van der Waals surface area contributed by atoms with Crippen LogP contribution in [0.2, 0.25) is 5.02 Å². The molecule has 23 heavy (non-hydrogen) atoms. The molecule has 0 N–H and O–H groups in total. The van der Waals surface area contributed by atoms with Crippen molar-refractivity contribution in [2.45, 2.75) is 45.4 Å². The van der Waals surface area contributed by atoms with E-state index >= 15 is 0 Å². The van der Waals surface area contributed by atoms with E-state index in [2.05, 4.69) is 5.16 Å². The fraction of sp³-hybridized carbons (Fsp3) is 0.500. The second-order valence-corrected chi connectivity index (χ2v) is 6.70. The lowest BCUT2D eigenvalue weighted by atomic mass is 9.84. The number of carbonyl (C=O) groups is 2. The largest absolute Gasteiger partial charge is 0.399 e. The number of aryl methyl sites for hydroxylation is 1. The van der Waals surface area contributed by atoms with Crippen LogP contribution in [0.1, 0.15) is 59.2 Å². The molecule has 3 rings (SSSR count). The molecule has 5 heteroatoms. The van der Waals surface area contributed by atoms with E-state index < -0.39 is 0 Å². The van der Waals surface area contributed by atoms with Gasteiger partial charge in [0.1, 0.15) is 12.9 Å². The van der Waals surface area contributed by atoms with Gasteiger partial charge in [0.25, 0.3) is 0 Å². The number of hydrogen-bond donors (Lipinski definition) is 0. The van der Waals surface area contributed by atoms with E-state index in [1.807, 2.05) is 13.0 Å². The average molecular weight is 334 g/mol. The average Bonchev–Trinajstić information content (AvgIpc) is 3.35. The van der Waals surface area contributed by atoms with Gasteiger partial charge < -0.3 is 4.84 Å². The molecular weight excluding hydrogens is 314 g/mol. The summed E-state index contributed by atoms with van der Waals surface area (Å²) in [5.41, 5.74) is 4.19. The molecule has 0 saturated heterocycles. The first-order valence-electron chi connectivity index (χ1n) is 8.01. The number of carbonyl (C=O) groups excluding carboxylic acids is 2. The van der Waals surface area contributed by atoms with Gasteiger partial charge in [-0.05, 0) is 56.2 Å². The van der Waals surface area contributed by atoms with E-state index in [1.165, 1.54) is 7.11 Å². The van der Waals surface area contributed by atoms with Gasteiger partial charge in [-0.1, -0.05) is 16.8 Å². The summed E-state index contributed by atoms with van der Waals surface area (Å²) in [7, 11) is 1.51. The number of rotatable bonds is 5. The van der Waals surface area contributed by atoms with Crippen LogP contribution < -0.4 is 0 Å². The fourth-order valence-corrected chi connectivity index (χ4v) is 3.60. The number of Topliss-reactive ketones (excluding diaryl/α,β-unsaturated/α-hetero) is 2. The van der Waals surface area contributed by atoms with Crippen LogP contribution in [-0.2, 0) is 16.1 Å². The van der Waals surface area contributed by atoms with Gasteiger partial charge in [-0.2, -0.15) is 0 Å². The molecular formula is C18H20ClNO3. The molecule has 0 atom stereocenters. The van der Waals surface area contributed by atoms with E-state index in [0.717, 1.165) is 54.5 Å². The van der Waals surface area contributed by atoms with Crippen LogP contribution >= 0.6 is 11.6 Å². The Bertz CT molecular complexity index is 705. The van der Waals surface area contributed by atoms with Gasteiger partial charge in [0, 0.05) is 17.0 Å². The third-order valence-electron chi connectivity index (χ3n) is 4.59. The molecule has 2 aliphatic rings. The van der Waals surface area contributed by atoms with Crippen molar-refractivity contribution in [3.8, 4) is 0 Å². The minimum absolute atomic E-state index is 0.0345. The third kappa shape index (κ3) is 3.18. The Hall–Kier alpha value is -1.68. The molecule has 2 aliphatic carbocycles. The topological polar surface area (TPSA) is 55.7 Å². The van der Waals surface area contributed by atoms with Gasteiger partial charge in [-0.15, -0.1) is 0 Å². The Morgan fingerprint density at radius 1 is 1.35 bits per heavy atom. The number of oxime groups is 1. The quantitative estimate of drug-likeness (QED) is 0.466. The van der Waals surface area contributed by atoms with E-state index in [1.54, 1.807) is 0 Å². The molecule has 0 bridgehead atoms. The monoisotopic (exact) mass is 333 g/mol. The Balaban J connectivity index is 2.00. The standard InChI is InChI=1S/C18H20ClNO3/c1-10-8-13(16(22)9-15(21)11-6-7-11)18(19)17-12(10)4-3-5-14(17)20-23-2/h8,11H,3-7,9H2,1-2H3/b20-14-. The van der Waals surface area contributed by atoms with E-state index in [4.69, 9.17) is 16.4 Å². The molecule has 0 spiro atoms. The second-order valence-electron chi connectivity index (χ2n) is 6.32. The first-order chi connectivity index (χ1) is 11.0. The van der Waals surface area contributed by atoms with Crippen molar-refractivity contribution in [3.63, 3.8) is 0 Å². The number of halogens is 1. The maximum Gasteiger partial charge on any atom is 0.171 e. The van der Waals surface area contributed by atoms with Gasteiger partial charge in [-0.3, -0.25) is 9.59 Å². The summed E-state index contributed by atoms with van der Waals surface area (Å²) in [6.07, 6.45) is 4.44. The zero-order chi connectivity index (χ0) is 16.6. The van der Waals surface area contributed by atoms with Crippen molar-refractivity contribution in [3.05, 3.63) is 33.3 Å². The Morgan fingerprint density at radius 3 is 2.74 bits per heavy atom. The fourth-order valence-electron chi connectivity index (χ4n) is 3.22. The van der Waals surface area contributed by atoms with Gasteiger partial charge in [0.15, 0.2) is 5.78 Å². The maximum absolute atomic E-state index is 12.5. The van der Waals surface area contributed by atoms with Crippen molar-refractivity contribution in [1.82, 2.24) is 0 Å². The number of fused-ring (bicyclic) bond motifs is 1. The van der Waals surface area contributed by atoms with Gasteiger partial charge in [-0.25, -0.2) is 0 Å². The van der Waals surface area contributed by atoms with Crippen LogP contribution in [0.25, 0.3) is 0 Å². The van der Waals surface area contributed by atoms with E-state index in [0.29, 0.717) is 10.6 Å². The second kappa shape index (κ2) is 6.44. The van der Waals surface area contributed by atoms with Crippen molar-refractivity contribution < 1.29 is 14.4 Å². The SMILES string of the molecule is CO/N=C1/CCCc2c(C)cc(C(=O)CC(=O)C3CC3)c(Cl)c21. The van der Waals surface area contributed by atoms with Crippen LogP contribution in [0.15, 0.2) is 11.2 Å². The smallest absolute Gasteiger partial charge is 0.171 e. The molecule has 1 saturated carbocycles. The minimum atomic E-state index is -0.194. The summed E-state index contributed by atoms with van der Waals surface area (Å²) in [4.78, 5) is 29.4. The van der Waals surface area contributed by atoms with Crippen LogP contribution in [-0.4, -0.2) is 24.4 Å². The zero-order valence-electron chi connectivity index (χ0n) is 13.4. The predicted octanol–water partition coefficient (Wildman–Crippen LogP) is 3.89. The molecule has 0 unspecified atom stereocenters. The molecule has 0 amide bonds. The lowest BCUT2D eigenvalue weighted by Crippen LogP contribution is -2.18. The highest BCUT2D eigenvalue weighted by Crippen LogP contribution is 2.36. The van der Waals surface area contributed by atoms with Crippen molar-refractivity contribution in [2.24, 2.45) is 11.1 Å². The lowest BCUT2D eigenvalue weighted by molar-refractivity contribution is -0.119. The number of ketones is 2. The highest BCUT2D eigenvalue weighted by molar-refractivity contribution is 6.38. The van der Waals surface area contributed by atoms with Gasteiger partial charge in [0.05, 0.1) is 17.2 Å². The van der Waals surface area contributed by atoms with Crippen molar-refractivity contribution in [1.29, 1.82) is 0 Å². The highest BCUT2D eigenvalue weighted by atomic mass is 35.5. The van der Waals surface area contributed by atoms with Crippen LogP contribution in [0.5, 0.6) is 0 Å². The molecule has 0 aromatic heterocycles. The van der Waals surface area contributed by atoms with Crippen molar-refractivity contribution >= 4 is 28.9 Å². The number of benzene rings is 1. The van der Waals surface area contributed by atoms with Crippen LogP contribution in [0.3, 0.4) is 0 Å². The molecule has 0 aliphatic heterocycles. The molecule has 0 heterocycles. The van der Waals surface area contributed by atoms with E-state index in [9.17, 15) is 9.59 Å². The van der Waals surface area contributed by atoms with Crippen LogP contribution in [0.4, 0.5) is 0 Å². The summed E-state index contributed by atoms with van der Waals surface area (Å²) in [5.74, 6) is -0.0746. The summed E-state index contributed by atoms with van der Waals surface area (Å²) >= 11 is 6.53. The maximum atomic E-state index is 12.5. The molecule has 1 aromatic carbocycles. The Kier molecular flexibility index (Phi) is 4.53. The molecule has 122 valence electrons. The summed E-state index contributed by atoms with van der Waals surface area (Å²) in [5, 5.41) is 4.49. The first-order valence-corrected chi connectivity index (χ1v) is 8.39. The zero-order valence-corrected chi connectivity index (χ0v) is 14.2. The Labute approximate surface area is 140 Å². The van der Waals surface area contributed by atoms with E-state index in [-0.39, 0.29) is 23.9 Å². The number of hydrogen-bond acceptors (Lipinski definition) is 4. The third-order valence-corrected chi connectivity index (χ3v) is 4.99. The predicted molar refractivity (Wildman–Crippen MR) is 89.4 cm³/mol. The van der Waals surface area contributed by atoms with Crippen molar-refractivity contribution in [2.75, 3.05) is 7.11 Å². The highest BCUT2D eigenvalue weighted by Gasteiger charge is 2.32. The first kappa shape index (κ1) is 16.2. The summed E-state index contributed by atoms with van der Waals surface area (Å²) in [6, 6.07) is 1.82. The van der Waals surface area contributed by atoms with Crippen LogP contribution in [0, 0.1) is 12.8 Å². The molecule has 4 nitrogen and oxygen atoms in total. The Morgan fingerprint density at radius 2 is 2.09 bits per heavy atom. The summed E-state index contributed by atoms with van der Waals surface area (Å²) in [6.45, 7) is 1.98. The summed E-state index contributed by atoms with van der Waals surface area (Å²) < 4.78 is 0. The molecule has 1 aromatic rings. The minimum Gasteiger partial charge on any atom is -0.399 e. The van der Waals surface area contributed by atoms with Gasteiger partial charge >= 0.3 is 0 Å². The molecule has 1 fully saturated rings. The lowest BCUT2D eigenvalue weighted by Gasteiger charge is -2.22. The number of nitrogens with zero attached hydrogens (tertiary/aromatic N) is 1.